The highest BCUT2D eigenvalue weighted by Crippen LogP contribution is 2.37. The fraction of sp³-hybridized carbons (Fsp3) is 0.567. The number of carbonyl (C=O) groups is 1. The summed E-state index contributed by atoms with van der Waals surface area (Å²) in [5.41, 5.74) is 2.21. The van der Waals surface area contributed by atoms with Crippen molar-refractivity contribution in [3.8, 4) is 0 Å². The van der Waals surface area contributed by atoms with Gasteiger partial charge in [-0.15, -0.1) is 0 Å². The van der Waals surface area contributed by atoms with Gasteiger partial charge in [-0.1, -0.05) is 50.2 Å². The first-order valence-electron chi connectivity index (χ1n) is 14.1. The number of nitrogens with one attached hydrogen (secondary N) is 1. The van der Waals surface area contributed by atoms with Gasteiger partial charge in [-0.2, -0.15) is 4.31 Å². The number of hydrogen-bond donors (Lipinski definition) is 3. The van der Waals surface area contributed by atoms with E-state index in [4.69, 9.17) is 9.47 Å². The highest BCUT2D eigenvalue weighted by atomic mass is 32.2. The van der Waals surface area contributed by atoms with E-state index in [1.807, 2.05) is 51.1 Å². The molecule has 2 fully saturated rings. The second-order valence-corrected chi connectivity index (χ2v) is 13.4. The van der Waals surface area contributed by atoms with E-state index < -0.39 is 28.3 Å². The van der Waals surface area contributed by atoms with Gasteiger partial charge < -0.3 is 25.0 Å². The molecule has 1 saturated heterocycles. The lowest BCUT2D eigenvalue weighted by Crippen LogP contribution is -2.51. The van der Waals surface area contributed by atoms with Crippen LogP contribution in [0.15, 0.2) is 53.4 Å². The number of aliphatic hydroxyl groups excluding tert-OH is 2. The Morgan fingerprint density at radius 3 is 2.58 bits per heavy atom. The minimum Gasteiger partial charge on any atom is -0.446 e. The number of benzene rings is 2. The Morgan fingerprint density at radius 2 is 1.90 bits per heavy atom. The Hall–Kier alpha value is -2.50. The van der Waals surface area contributed by atoms with Crippen LogP contribution in [0.25, 0.3) is 0 Å². The largest absolute Gasteiger partial charge is 0.446 e. The van der Waals surface area contributed by atoms with E-state index >= 15 is 0 Å². The molecule has 220 valence electrons. The summed E-state index contributed by atoms with van der Waals surface area (Å²) in [6.07, 6.45) is 0.738. The molecular weight excluding hydrogens is 532 g/mol. The van der Waals surface area contributed by atoms with Crippen molar-refractivity contribution in [1.29, 1.82) is 0 Å². The minimum atomic E-state index is -4.00. The second kappa shape index (κ2) is 13.4. The van der Waals surface area contributed by atoms with E-state index in [-0.39, 0.29) is 42.7 Å². The van der Waals surface area contributed by atoms with E-state index in [1.165, 1.54) is 16.4 Å². The van der Waals surface area contributed by atoms with Gasteiger partial charge in [0.25, 0.3) is 0 Å². The average Bonchev–Trinajstić information content (AvgIpc) is 3.50. The summed E-state index contributed by atoms with van der Waals surface area (Å²) in [6.45, 7) is 6.04. The smallest absolute Gasteiger partial charge is 0.407 e. The van der Waals surface area contributed by atoms with E-state index in [1.54, 1.807) is 6.07 Å². The Balaban J connectivity index is 1.51. The summed E-state index contributed by atoms with van der Waals surface area (Å²) in [6, 6.07) is 13.3. The van der Waals surface area contributed by atoms with Crippen molar-refractivity contribution in [3.05, 3.63) is 65.2 Å². The third-order valence-corrected chi connectivity index (χ3v) is 9.66. The standard InChI is InChI=1S/C30H42N2O7S/c1-20(2)17-32(40(36,37)26-10-9-21(3)24(15-26)19-33)18-28(34)27(13-22-7-5-4-6-8-22)31-30(35)39-25-14-23-11-12-38-29(23)16-25/h4-10,15,20,23,25,27-29,33-34H,11-14,16-19H2,1-3H3,(H,31,35)/t23?,25?,27-,28+,29+/m0/s1. The van der Waals surface area contributed by atoms with Crippen molar-refractivity contribution in [1.82, 2.24) is 9.62 Å². The van der Waals surface area contributed by atoms with Crippen LogP contribution in [0.4, 0.5) is 4.79 Å². The number of ether oxygens (including phenoxy) is 2. The number of carbonyl (C=O) groups excluding carboxylic acids is 1. The van der Waals surface area contributed by atoms with E-state index in [9.17, 15) is 23.4 Å². The molecule has 1 aliphatic heterocycles. The monoisotopic (exact) mass is 574 g/mol. The van der Waals surface area contributed by atoms with Crippen LogP contribution >= 0.6 is 0 Å². The summed E-state index contributed by atoms with van der Waals surface area (Å²) >= 11 is 0. The molecule has 1 aliphatic carbocycles. The zero-order valence-corrected chi connectivity index (χ0v) is 24.3. The second-order valence-electron chi connectivity index (χ2n) is 11.4. The van der Waals surface area contributed by atoms with Crippen LogP contribution in [0, 0.1) is 18.8 Å². The number of rotatable bonds is 12. The minimum absolute atomic E-state index is 0.0146. The van der Waals surface area contributed by atoms with E-state index in [2.05, 4.69) is 5.32 Å². The van der Waals surface area contributed by atoms with Crippen molar-refractivity contribution in [2.24, 2.45) is 11.8 Å². The maximum absolute atomic E-state index is 13.7. The van der Waals surface area contributed by atoms with Gasteiger partial charge in [0.1, 0.15) is 6.10 Å². The van der Waals surface area contributed by atoms with Crippen molar-refractivity contribution in [2.45, 2.75) is 82.3 Å². The molecule has 0 aromatic heterocycles. The number of amides is 1. The summed E-state index contributed by atoms with van der Waals surface area (Å²) in [4.78, 5) is 13.0. The molecule has 1 amide bonds. The van der Waals surface area contributed by atoms with Crippen molar-refractivity contribution in [2.75, 3.05) is 19.7 Å². The van der Waals surface area contributed by atoms with Gasteiger partial charge in [-0.25, -0.2) is 13.2 Å². The Labute approximate surface area is 237 Å². The molecule has 0 spiro atoms. The molecule has 0 bridgehead atoms. The highest BCUT2D eigenvalue weighted by molar-refractivity contribution is 7.89. The zero-order chi connectivity index (χ0) is 28.9. The predicted octanol–water partition coefficient (Wildman–Crippen LogP) is 3.40. The molecule has 1 heterocycles. The topological polar surface area (TPSA) is 125 Å². The Bertz CT molecular complexity index is 1230. The molecule has 2 aromatic carbocycles. The molecule has 2 unspecified atom stereocenters. The predicted molar refractivity (Wildman–Crippen MR) is 151 cm³/mol. The zero-order valence-electron chi connectivity index (χ0n) is 23.5. The summed E-state index contributed by atoms with van der Waals surface area (Å²) in [5.74, 6) is 0.394. The summed E-state index contributed by atoms with van der Waals surface area (Å²) in [7, 11) is -4.00. The number of alkyl carbamates (subject to hydrolysis) is 1. The van der Waals surface area contributed by atoms with Gasteiger partial charge in [0.05, 0.1) is 29.8 Å². The lowest BCUT2D eigenvalue weighted by Gasteiger charge is -2.31. The molecule has 3 N–H and O–H groups in total. The molecule has 10 heteroatoms. The van der Waals surface area contributed by atoms with Crippen LogP contribution in [0.2, 0.25) is 0 Å². The van der Waals surface area contributed by atoms with Gasteiger partial charge in [-0.3, -0.25) is 0 Å². The van der Waals surface area contributed by atoms with Crippen LogP contribution in [0.5, 0.6) is 0 Å². The quantitative estimate of drug-likeness (QED) is 0.355. The third kappa shape index (κ3) is 7.61. The molecule has 40 heavy (non-hydrogen) atoms. The third-order valence-electron chi connectivity index (χ3n) is 7.84. The number of nitrogens with zero attached hydrogens (tertiary/aromatic N) is 1. The fourth-order valence-corrected chi connectivity index (χ4v) is 7.31. The molecule has 9 nitrogen and oxygen atoms in total. The van der Waals surface area contributed by atoms with Crippen LogP contribution in [-0.4, -0.2) is 73.1 Å². The average molecular weight is 575 g/mol. The molecule has 1 saturated carbocycles. The highest BCUT2D eigenvalue weighted by Gasteiger charge is 2.40. The van der Waals surface area contributed by atoms with Gasteiger partial charge in [0.15, 0.2) is 0 Å². The number of hydrogen-bond acceptors (Lipinski definition) is 7. The van der Waals surface area contributed by atoms with Crippen LogP contribution in [0.3, 0.4) is 0 Å². The molecule has 5 atom stereocenters. The first-order valence-corrected chi connectivity index (χ1v) is 15.5. The van der Waals surface area contributed by atoms with Gasteiger partial charge in [0, 0.05) is 26.1 Å². The normalized spacial score (nSPS) is 22.3. The first-order chi connectivity index (χ1) is 19.1. The van der Waals surface area contributed by atoms with Crippen molar-refractivity contribution in [3.63, 3.8) is 0 Å². The van der Waals surface area contributed by atoms with E-state index in [0.29, 0.717) is 24.3 Å². The Kier molecular flexibility index (Phi) is 10.2. The molecule has 0 radical (unpaired) electrons. The maximum atomic E-state index is 13.7. The van der Waals surface area contributed by atoms with Gasteiger partial charge in [-0.05, 0) is 66.8 Å². The number of sulfonamides is 1. The van der Waals surface area contributed by atoms with Crippen molar-refractivity contribution >= 4 is 16.1 Å². The van der Waals surface area contributed by atoms with E-state index in [0.717, 1.165) is 30.6 Å². The number of aliphatic hydroxyl groups is 2. The SMILES string of the molecule is Cc1ccc(S(=O)(=O)N(CC(C)C)C[C@@H](O)[C@H](Cc2ccccc2)NC(=O)OC2CC3CCO[C@@H]3C2)cc1CO. The molecular formula is C30H42N2O7S. The lowest BCUT2D eigenvalue weighted by atomic mass is 10.0. The van der Waals surface area contributed by atoms with Gasteiger partial charge in [0.2, 0.25) is 10.0 Å². The fourth-order valence-electron chi connectivity index (χ4n) is 5.64. The number of aryl methyl sites for hydroxylation is 1. The summed E-state index contributed by atoms with van der Waals surface area (Å²) in [5, 5.41) is 23.9. The molecule has 2 aliphatic rings. The molecule has 2 aromatic rings. The van der Waals surface area contributed by atoms with Gasteiger partial charge >= 0.3 is 6.09 Å². The Morgan fingerprint density at radius 1 is 1.15 bits per heavy atom. The maximum Gasteiger partial charge on any atom is 0.407 e. The first kappa shape index (κ1) is 30.5. The van der Waals surface area contributed by atoms with Crippen LogP contribution in [0.1, 0.15) is 49.8 Å². The number of fused-ring (bicyclic) bond motifs is 1. The lowest BCUT2D eigenvalue weighted by molar-refractivity contribution is 0.0554. The molecule has 4 rings (SSSR count). The summed E-state index contributed by atoms with van der Waals surface area (Å²) < 4.78 is 40.1. The van der Waals surface area contributed by atoms with Crippen LogP contribution in [-0.2, 0) is 32.5 Å². The van der Waals surface area contributed by atoms with Crippen molar-refractivity contribution < 1.29 is 32.9 Å². The van der Waals surface area contributed by atoms with Crippen LogP contribution < -0.4 is 5.32 Å².